The Morgan fingerprint density at radius 1 is 1.08 bits per heavy atom. The fraction of sp³-hybridized carbons (Fsp3) is 0.263. The van der Waals surface area contributed by atoms with Crippen LogP contribution in [0.2, 0.25) is 0 Å². The third-order valence-corrected chi connectivity index (χ3v) is 3.64. The lowest BCUT2D eigenvalue weighted by Gasteiger charge is -2.15. The van der Waals surface area contributed by atoms with Gasteiger partial charge in [-0.25, -0.2) is 0 Å². The molecule has 124 valence electrons. The standard InChI is InChI=1S/C19H20N2O3/c1-23-17-9-6-10-18(24-2)16(17)12-19(22)21-15(13-20)11-14-7-4-3-5-8-14/h3-10,15H,11-12H2,1-2H3,(H,21,22). The van der Waals surface area contributed by atoms with E-state index in [1.165, 1.54) is 0 Å². The Kier molecular flexibility index (Phi) is 6.21. The first kappa shape index (κ1) is 17.4. The molecule has 5 heteroatoms. The van der Waals surface area contributed by atoms with Gasteiger partial charge in [0.15, 0.2) is 0 Å². The fourth-order valence-corrected chi connectivity index (χ4v) is 2.49. The van der Waals surface area contributed by atoms with E-state index in [1.54, 1.807) is 32.4 Å². The summed E-state index contributed by atoms with van der Waals surface area (Å²) in [6.45, 7) is 0. The number of nitrogens with one attached hydrogen (secondary N) is 1. The molecule has 0 radical (unpaired) electrons. The van der Waals surface area contributed by atoms with Crippen molar-refractivity contribution in [2.45, 2.75) is 18.9 Å². The molecule has 0 aliphatic carbocycles. The number of hydrogen-bond acceptors (Lipinski definition) is 4. The monoisotopic (exact) mass is 324 g/mol. The zero-order chi connectivity index (χ0) is 17.4. The van der Waals surface area contributed by atoms with Crippen molar-refractivity contribution >= 4 is 5.91 Å². The summed E-state index contributed by atoms with van der Waals surface area (Å²) >= 11 is 0. The molecule has 0 aliphatic heterocycles. The van der Waals surface area contributed by atoms with Gasteiger partial charge >= 0.3 is 0 Å². The molecule has 24 heavy (non-hydrogen) atoms. The van der Waals surface area contributed by atoms with E-state index in [4.69, 9.17) is 9.47 Å². The summed E-state index contributed by atoms with van der Waals surface area (Å²) in [5.41, 5.74) is 1.66. The molecule has 0 saturated carbocycles. The average Bonchev–Trinajstić information content (AvgIpc) is 2.62. The molecule has 1 amide bonds. The highest BCUT2D eigenvalue weighted by atomic mass is 16.5. The molecule has 1 atom stereocenters. The van der Waals surface area contributed by atoms with Gasteiger partial charge in [-0.05, 0) is 17.7 Å². The molecule has 0 aliphatic rings. The Hall–Kier alpha value is -3.00. The molecule has 0 bridgehead atoms. The van der Waals surface area contributed by atoms with E-state index < -0.39 is 6.04 Å². The number of nitriles is 1. The maximum absolute atomic E-state index is 12.3. The number of amides is 1. The third kappa shape index (κ3) is 4.50. The van der Waals surface area contributed by atoms with Crippen LogP contribution in [0.25, 0.3) is 0 Å². The third-order valence-electron chi connectivity index (χ3n) is 3.64. The summed E-state index contributed by atoms with van der Waals surface area (Å²) in [6, 6.07) is 16.5. The van der Waals surface area contributed by atoms with Crippen LogP contribution in [0.1, 0.15) is 11.1 Å². The van der Waals surface area contributed by atoms with Crippen molar-refractivity contribution in [3.8, 4) is 17.6 Å². The second-order valence-electron chi connectivity index (χ2n) is 5.26. The number of ether oxygens (including phenoxy) is 2. The van der Waals surface area contributed by atoms with Crippen molar-refractivity contribution in [2.24, 2.45) is 0 Å². The van der Waals surface area contributed by atoms with E-state index in [0.29, 0.717) is 23.5 Å². The van der Waals surface area contributed by atoms with Crippen molar-refractivity contribution in [2.75, 3.05) is 14.2 Å². The molecular weight excluding hydrogens is 304 g/mol. The first-order chi connectivity index (χ1) is 11.7. The largest absolute Gasteiger partial charge is 0.496 e. The number of carbonyl (C=O) groups is 1. The van der Waals surface area contributed by atoms with Crippen LogP contribution < -0.4 is 14.8 Å². The number of rotatable bonds is 7. The molecule has 0 saturated heterocycles. The maximum atomic E-state index is 12.3. The lowest BCUT2D eigenvalue weighted by Crippen LogP contribution is -2.36. The zero-order valence-corrected chi connectivity index (χ0v) is 13.8. The number of carbonyl (C=O) groups excluding carboxylic acids is 1. The Bertz CT molecular complexity index is 701. The van der Waals surface area contributed by atoms with Crippen molar-refractivity contribution < 1.29 is 14.3 Å². The van der Waals surface area contributed by atoms with Crippen molar-refractivity contribution in [1.29, 1.82) is 5.26 Å². The molecule has 0 fully saturated rings. The van der Waals surface area contributed by atoms with Crippen LogP contribution in [-0.2, 0) is 17.6 Å². The Balaban J connectivity index is 2.06. The van der Waals surface area contributed by atoms with Gasteiger partial charge in [-0.15, -0.1) is 0 Å². The van der Waals surface area contributed by atoms with Gasteiger partial charge in [-0.1, -0.05) is 36.4 Å². The molecule has 0 aromatic heterocycles. The minimum Gasteiger partial charge on any atom is -0.496 e. The zero-order valence-electron chi connectivity index (χ0n) is 13.8. The average molecular weight is 324 g/mol. The van der Waals surface area contributed by atoms with Crippen LogP contribution >= 0.6 is 0 Å². The number of benzene rings is 2. The minimum absolute atomic E-state index is 0.0835. The maximum Gasteiger partial charge on any atom is 0.225 e. The highest BCUT2D eigenvalue weighted by Crippen LogP contribution is 2.28. The first-order valence-electron chi connectivity index (χ1n) is 7.60. The molecule has 1 unspecified atom stereocenters. The van der Waals surface area contributed by atoms with Gasteiger partial charge in [0.2, 0.25) is 5.91 Å². The summed E-state index contributed by atoms with van der Waals surface area (Å²) in [4.78, 5) is 12.3. The van der Waals surface area contributed by atoms with Crippen LogP contribution in [0.15, 0.2) is 48.5 Å². The predicted molar refractivity (Wildman–Crippen MR) is 90.9 cm³/mol. The normalized spacial score (nSPS) is 11.2. The molecule has 0 heterocycles. The second kappa shape index (κ2) is 8.59. The first-order valence-corrected chi connectivity index (χ1v) is 7.60. The van der Waals surface area contributed by atoms with Crippen LogP contribution in [0, 0.1) is 11.3 Å². The number of nitrogens with zero attached hydrogens (tertiary/aromatic N) is 1. The van der Waals surface area contributed by atoms with E-state index in [0.717, 1.165) is 5.56 Å². The van der Waals surface area contributed by atoms with Crippen LogP contribution in [0.3, 0.4) is 0 Å². The minimum atomic E-state index is -0.583. The van der Waals surface area contributed by atoms with Crippen LogP contribution in [0.5, 0.6) is 11.5 Å². The highest BCUT2D eigenvalue weighted by molar-refractivity contribution is 5.81. The van der Waals surface area contributed by atoms with Crippen molar-refractivity contribution in [3.63, 3.8) is 0 Å². The van der Waals surface area contributed by atoms with Gasteiger partial charge in [0.05, 0.1) is 26.7 Å². The van der Waals surface area contributed by atoms with Crippen molar-refractivity contribution in [3.05, 3.63) is 59.7 Å². The molecule has 2 aromatic carbocycles. The SMILES string of the molecule is COc1cccc(OC)c1CC(=O)NC(C#N)Cc1ccccc1. The van der Waals surface area contributed by atoms with Gasteiger partial charge in [0, 0.05) is 12.0 Å². The van der Waals surface area contributed by atoms with E-state index in [9.17, 15) is 10.1 Å². The number of hydrogen-bond donors (Lipinski definition) is 1. The lowest BCUT2D eigenvalue weighted by molar-refractivity contribution is -0.120. The summed E-state index contributed by atoms with van der Waals surface area (Å²) in [7, 11) is 3.09. The number of methoxy groups -OCH3 is 2. The van der Waals surface area contributed by atoms with Gasteiger partial charge < -0.3 is 14.8 Å². The molecule has 1 N–H and O–H groups in total. The van der Waals surface area contributed by atoms with Crippen molar-refractivity contribution in [1.82, 2.24) is 5.32 Å². The van der Waals surface area contributed by atoms with Gasteiger partial charge in [0.1, 0.15) is 17.5 Å². The molecule has 2 aromatic rings. The lowest BCUT2D eigenvalue weighted by atomic mass is 10.1. The van der Waals surface area contributed by atoms with E-state index in [1.807, 2.05) is 30.3 Å². The summed E-state index contributed by atoms with van der Waals surface area (Å²) in [5.74, 6) is 0.919. The fourth-order valence-electron chi connectivity index (χ4n) is 2.49. The van der Waals surface area contributed by atoms with Gasteiger partial charge in [0.25, 0.3) is 0 Å². The summed E-state index contributed by atoms with van der Waals surface area (Å²) in [6.07, 6.45) is 0.548. The summed E-state index contributed by atoms with van der Waals surface area (Å²) in [5, 5.41) is 12.0. The molecule has 0 spiro atoms. The smallest absolute Gasteiger partial charge is 0.225 e. The molecule has 5 nitrogen and oxygen atoms in total. The highest BCUT2D eigenvalue weighted by Gasteiger charge is 2.17. The summed E-state index contributed by atoms with van der Waals surface area (Å²) < 4.78 is 10.6. The van der Waals surface area contributed by atoms with E-state index in [2.05, 4.69) is 11.4 Å². The Morgan fingerprint density at radius 2 is 1.71 bits per heavy atom. The van der Waals surface area contributed by atoms with Gasteiger partial charge in [-0.2, -0.15) is 5.26 Å². The molecular formula is C19H20N2O3. The Morgan fingerprint density at radius 3 is 2.25 bits per heavy atom. The predicted octanol–water partition coefficient (Wildman–Crippen LogP) is 2.50. The molecule has 2 rings (SSSR count). The van der Waals surface area contributed by atoms with E-state index >= 15 is 0 Å². The van der Waals surface area contributed by atoms with Crippen LogP contribution in [0.4, 0.5) is 0 Å². The van der Waals surface area contributed by atoms with Gasteiger partial charge in [-0.3, -0.25) is 4.79 Å². The van der Waals surface area contributed by atoms with Crippen LogP contribution in [-0.4, -0.2) is 26.2 Å². The quantitative estimate of drug-likeness (QED) is 0.849. The topological polar surface area (TPSA) is 71.3 Å². The Labute approximate surface area is 141 Å². The second-order valence-corrected chi connectivity index (χ2v) is 5.26. The van der Waals surface area contributed by atoms with E-state index in [-0.39, 0.29) is 12.3 Å².